The third kappa shape index (κ3) is 4.86. The highest BCUT2D eigenvalue weighted by Gasteiger charge is 2.39. The first-order valence-electron chi connectivity index (χ1n) is 6.13. The average molecular weight is 323 g/mol. The summed E-state index contributed by atoms with van der Waals surface area (Å²) in [5.41, 5.74) is 0. The van der Waals surface area contributed by atoms with Gasteiger partial charge in [-0.1, -0.05) is 0 Å². The number of amides is 2. The summed E-state index contributed by atoms with van der Waals surface area (Å²) in [6.45, 7) is 2.95. The third-order valence-corrected chi connectivity index (χ3v) is 3.99. The molecule has 0 aromatic rings. The van der Waals surface area contributed by atoms with Crippen LogP contribution in [0.5, 0.6) is 0 Å². The van der Waals surface area contributed by atoms with Crippen molar-refractivity contribution in [3.8, 4) is 0 Å². The summed E-state index contributed by atoms with van der Waals surface area (Å²) in [5, 5.41) is 11.1. The van der Waals surface area contributed by atoms with Gasteiger partial charge in [-0.05, 0) is 13.8 Å². The van der Waals surface area contributed by atoms with Gasteiger partial charge < -0.3 is 15.2 Å². The van der Waals surface area contributed by atoms with Crippen LogP contribution in [0.3, 0.4) is 0 Å². The molecule has 2 amide bonds. The smallest absolute Gasteiger partial charge is 0.422 e. The number of aliphatic carboxylic acids is 1. The zero-order chi connectivity index (χ0) is 16.2. The van der Waals surface area contributed by atoms with E-state index in [2.05, 4.69) is 10.1 Å². The Hall–Kier alpha value is -1.88. The van der Waals surface area contributed by atoms with E-state index in [1.54, 1.807) is 4.72 Å². The van der Waals surface area contributed by atoms with E-state index in [1.807, 2.05) is 0 Å². The monoisotopic (exact) mass is 323 g/mol. The predicted octanol–water partition coefficient (Wildman–Crippen LogP) is -1.36. The Morgan fingerprint density at radius 2 is 2.14 bits per heavy atom. The number of ether oxygens (including phenoxy) is 1. The van der Waals surface area contributed by atoms with E-state index in [0.717, 1.165) is 0 Å². The van der Waals surface area contributed by atoms with Gasteiger partial charge in [-0.15, -0.1) is 0 Å². The van der Waals surface area contributed by atoms with E-state index in [-0.39, 0.29) is 13.1 Å². The first kappa shape index (κ1) is 17.2. The van der Waals surface area contributed by atoms with Crippen LogP contribution in [0.2, 0.25) is 0 Å². The Morgan fingerprint density at radius 1 is 1.52 bits per heavy atom. The lowest BCUT2D eigenvalue weighted by Gasteiger charge is -2.32. The maximum Gasteiger partial charge on any atom is 0.422 e. The van der Waals surface area contributed by atoms with Gasteiger partial charge in [-0.3, -0.25) is 9.59 Å². The highest BCUT2D eigenvalue weighted by molar-refractivity contribution is 7.87. The largest absolute Gasteiger partial charge is 0.481 e. The zero-order valence-electron chi connectivity index (χ0n) is 11.5. The molecule has 1 fully saturated rings. The fourth-order valence-corrected chi connectivity index (χ4v) is 2.96. The van der Waals surface area contributed by atoms with Gasteiger partial charge in [0.15, 0.2) is 0 Å². The molecule has 0 saturated carbocycles. The lowest BCUT2D eigenvalue weighted by molar-refractivity contribution is -0.141. The molecule has 1 aliphatic rings. The molecular formula is C10H17N3O7S. The molecule has 0 aliphatic carbocycles. The number of carbonyl (C=O) groups is 3. The van der Waals surface area contributed by atoms with Crippen LogP contribution >= 0.6 is 0 Å². The summed E-state index contributed by atoms with van der Waals surface area (Å²) in [6.07, 6.45) is -2.42. The molecule has 1 unspecified atom stereocenters. The minimum atomic E-state index is -4.37. The summed E-state index contributed by atoms with van der Waals surface area (Å²) < 4.78 is 31.0. The van der Waals surface area contributed by atoms with Crippen molar-refractivity contribution in [2.24, 2.45) is 0 Å². The van der Waals surface area contributed by atoms with Crippen molar-refractivity contribution in [1.82, 2.24) is 14.3 Å². The molecule has 0 spiro atoms. The minimum Gasteiger partial charge on any atom is -0.481 e. The normalized spacial score (nSPS) is 20.0. The Morgan fingerprint density at radius 3 is 2.67 bits per heavy atom. The predicted molar refractivity (Wildman–Crippen MR) is 69.4 cm³/mol. The summed E-state index contributed by atoms with van der Waals surface area (Å²) >= 11 is 0. The van der Waals surface area contributed by atoms with Crippen LogP contribution < -0.4 is 10.0 Å². The van der Waals surface area contributed by atoms with Gasteiger partial charge in [0.25, 0.3) is 0 Å². The standard InChI is InChI=1S/C10H17N3O7S/c1-6(2)20-10(17)12-21(18,19)13-4-3-11-9(16)7(13)5-8(14)15/h6-7H,3-5H2,1-2H3,(H,11,16)(H,12,17)(H,14,15). The first-order valence-corrected chi connectivity index (χ1v) is 7.57. The Kier molecular flexibility index (Phi) is 5.49. The van der Waals surface area contributed by atoms with Crippen LogP contribution in [0.4, 0.5) is 4.79 Å². The minimum absolute atomic E-state index is 0.0229. The molecule has 1 saturated heterocycles. The molecule has 1 heterocycles. The number of rotatable bonds is 5. The van der Waals surface area contributed by atoms with Gasteiger partial charge >= 0.3 is 22.3 Å². The van der Waals surface area contributed by atoms with Crippen molar-refractivity contribution >= 4 is 28.2 Å². The van der Waals surface area contributed by atoms with Crippen LogP contribution in [0.15, 0.2) is 0 Å². The van der Waals surface area contributed by atoms with Gasteiger partial charge in [0.1, 0.15) is 6.04 Å². The van der Waals surface area contributed by atoms with Gasteiger partial charge in [0.05, 0.1) is 12.5 Å². The molecule has 120 valence electrons. The van der Waals surface area contributed by atoms with Gasteiger partial charge in [-0.25, -0.2) is 9.52 Å². The molecule has 1 aliphatic heterocycles. The van der Waals surface area contributed by atoms with Crippen LogP contribution in [-0.4, -0.2) is 61.0 Å². The van der Waals surface area contributed by atoms with Gasteiger partial charge in [0.2, 0.25) is 5.91 Å². The number of carboxylic acids is 1. The van der Waals surface area contributed by atoms with E-state index in [0.29, 0.717) is 4.31 Å². The fourth-order valence-electron chi connectivity index (χ4n) is 1.74. The Labute approximate surface area is 121 Å². The molecule has 3 N–H and O–H groups in total. The fraction of sp³-hybridized carbons (Fsp3) is 0.700. The molecule has 1 rings (SSSR count). The summed E-state index contributed by atoms with van der Waals surface area (Å²) in [4.78, 5) is 33.7. The number of hydrogen-bond acceptors (Lipinski definition) is 6. The van der Waals surface area contributed by atoms with Crippen molar-refractivity contribution in [2.45, 2.75) is 32.4 Å². The van der Waals surface area contributed by atoms with Crippen molar-refractivity contribution < 1.29 is 32.6 Å². The molecular weight excluding hydrogens is 306 g/mol. The van der Waals surface area contributed by atoms with Crippen LogP contribution in [0, 0.1) is 0 Å². The van der Waals surface area contributed by atoms with Crippen LogP contribution in [0.25, 0.3) is 0 Å². The van der Waals surface area contributed by atoms with Crippen LogP contribution in [-0.2, 0) is 24.5 Å². The zero-order valence-corrected chi connectivity index (χ0v) is 12.3. The highest BCUT2D eigenvalue weighted by Crippen LogP contribution is 2.13. The quantitative estimate of drug-likeness (QED) is 0.567. The first-order chi connectivity index (χ1) is 9.63. The van der Waals surface area contributed by atoms with E-state index in [1.165, 1.54) is 13.8 Å². The molecule has 11 heteroatoms. The Balaban J connectivity index is 2.89. The highest BCUT2D eigenvalue weighted by atomic mass is 32.2. The third-order valence-electron chi connectivity index (χ3n) is 2.51. The number of hydrogen-bond donors (Lipinski definition) is 3. The van der Waals surface area contributed by atoms with Crippen molar-refractivity contribution in [2.75, 3.05) is 13.1 Å². The molecule has 0 radical (unpaired) electrons. The Bertz CT molecular complexity index is 531. The summed E-state index contributed by atoms with van der Waals surface area (Å²) in [7, 11) is -4.37. The molecule has 1 atom stereocenters. The summed E-state index contributed by atoms with van der Waals surface area (Å²) in [5.74, 6) is -2.06. The number of nitrogens with zero attached hydrogens (tertiary/aromatic N) is 1. The summed E-state index contributed by atoms with van der Waals surface area (Å²) in [6, 6.07) is -1.42. The second-order valence-electron chi connectivity index (χ2n) is 4.58. The van der Waals surface area contributed by atoms with E-state index >= 15 is 0 Å². The lowest BCUT2D eigenvalue weighted by Crippen LogP contribution is -2.60. The van der Waals surface area contributed by atoms with Crippen molar-refractivity contribution in [1.29, 1.82) is 0 Å². The van der Waals surface area contributed by atoms with E-state index < -0.39 is 46.7 Å². The lowest BCUT2D eigenvalue weighted by atomic mass is 10.1. The van der Waals surface area contributed by atoms with E-state index in [4.69, 9.17) is 5.11 Å². The molecule has 21 heavy (non-hydrogen) atoms. The topological polar surface area (TPSA) is 142 Å². The molecule has 0 bridgehead atoms. The second kappa shape index (κ2) is 6.72. The van der Waals surface area contributed by atoms with Gasteiger partial charge in [0, 0.05) is 13.1 Å². The number of carboxylic acid groups (broad SMARTS) is 1. The number of carbonyl (C=O) groups excluding carboxylic acids is 2. The molecule has 0 aromatic carbocycles. The van der Waals surface area contributed by atoms with E-state index in [9.17, 15) is 22.8 Å². The SMILES string of the molecule is CC(C)OC(=O)NS(=O)(=O)N1CCNC(=O)C1CC(=O)O. The van der Waals surface area contributed by atoms with Gasteiger partial charge in [-0.2, -0.15) is 12.7 Å². The van der Waals surface area contributed by atoms with Crippen molar-refractivity contribution in [3.63, 3.8) is 0 Å². The number of nitrogens with one attached hydrogen (secondary N) is 2. The second-order valence-corrected chi connectivity index (χ2v) is 6.20. The maximum absolute atomic E-state index is 12.1. The maximum atomic E-state index is 12.1. The van der Waals surface area contributed by atoms with Crippen LogP contribution in [0.1, 0.15) is 20.3 Å². The average Bonchev–Trinajstić information content (AvgIpc) is 2.28. The van der Waals surface area contributed by atoms with Crippen molar-refractivity contribution in [3.05, 3.63) is 0 Å². The molecule has 0 aromatic heterocycles. The molecule has 10 nitrogen and oxygen atoms in total. The number of piperazine rings is 1.